The summed E-state index contributed by atoms with van der Waals surface area (Å²) in [6, 6.07) is 1.45. The molecule has 3 N–H and O–H groups in total. The van der Waals surface area contributed by atoms with Crippen molar-refractivity contribution in [3.05, 3.63) is 33.5 Å². The molecule has 0 radical (unpaired) electrons. The molecule has 8 nitrogen and oxygen atoms in total. The summed E-state index contributed by atoms with van der Waals surface area (Å²) >= 11 is 1.06. The van der Waals surface area contributed by atoms with Crippen LogP contribution < -0.4 is 10.6 Å². The maximum atomic E-state index is 11.6. The van der Waals surface area contributed by atoms with Crippen molar-refractivity contribution in [2.75, 3.05) is 0 Å². The molecule has 112 valence electrons. The van der Waals surface area contributed by atoms with Crippen LogP contribution in [0.3, 0.4) is 0 Å². The fourth-order valence-corrected chi connectivity index (χ4v) is 2.52. The second kappa shape index (κ2) is 6.35. The molecule has 2 aromatic rings. The molecule has 0 unspecified atom stereocenters. The van der Waals surface area contributed by atoms with Gasteiger partial charge in [0.05, 0.1) is 24.5 Å². The van der Waals surface area contributed by atoms with Crippen molar-refractivity contribution in [3.63, 3.8) is 0 Å². The van der Waals surface area contributed by atoms with Crippen LogP contribution in [-0.2, 0) is 20.1 Å². The minimum absolute atomic E-state index is 0.187. The topological polar surface area (TPSA) is 109 Å². The Morgan fingerprint density at radius 2 is 2.10 bits per heavy atom. The van der Waals surface area contributed by atoms with Gasteiger partial charge in [0, 0.05) is 13.2 Å². The molecular weight excluding hydrogens is 294 g/mol. The number of carboxylic acids is 1. The molecule has 9 heteroatoms. The number of carbonyl (C=O) groups is 2. The molecule has 2 heterocycles. The van der Waals surface area contributed by atoms with E-state index in [1.165, 1.54) is 0 Å². The number of nitrogens with one attached hydrogen (secondary N) is 2. The first-order valence-corrected chi connectivity index (χ1v) is 6.97. The average Bonchev–Trinajstić information content (AvgIpc) is 3.00. The van der Waals surface area contributed by atoms with E-state index >= 15 is 0 Å². The molecule has 0 aliphatic heterocycles. The van der Waals surface area contributed by atoms with Gasteiger partial charge in [0.1, 0.15) is 9.88 Å². The van der Waals surface area contributed by atoms with Gasteiger partial charge in [-0.2, -0.15) is 5.10 Å². The fraction of sp³-hybridized carbons (Fsp3) is 0.333. The van der Waals surface area contributed by atoms with E-state index in [4.69, 9.17) is 5.11 Å². The van der Waals surface area contributed by atoms with Gasteiger partial charge >= 0.3 is 12.0 Å². The van der Waals surface area contributed by atoms with Crippen LogP contribution in [0.25, 0.3) is 0 Å². The van der Waals surface area contributed by atoms with Crippen LogP contribution in [-0.4, -0.2) is 31.9 Å². The summed E-state index contributed by atoms with van der Waals surface area (Å²) in [5, 5.41) is 18.9. The molecule has 0 spiro atoms. The Kier molecular flexibility index (Phi) is 4.53. The minimum Gasteiger partial charge on any atom is -0.477 e. The van der Waals surface area contributed by atoms with Gasteiger partial charge in [0.25, 0.3) is 0 Å². The van der Waals surface area contributed by atoms with Crippen molar-refractivity contribution < 1.29 is 14.7 Å². The summed E-state index contributed by atoms with van der Waals surface area (Å²) in [6.45, 7) is 2.14. The predicted molar refractivity (Wildman–Crippen MR) is 76.1 cm³/mol. The standard InChI is InChI=1S/C12H15N5O3S/c1-7-10(11(18)19)21-9(15-7)6-14-12(20)13-5-8-3-4-17(2)16-8/h3-4H,5-6H2,1-2H3,(H,18,19)(H2,13,14,20). The molecule has 0 aliphatic carbocycles. The molecule has 0 fully saturated rings. The number of urea groups is 1. The zero-order chi connectivity index (χ0) is 15.4. The van der Waals surface area contributed by atoms with Crippen molar-refractivity contribution in [3.8, 4) is 0 Å². The Bertz CT molecular complexity index is 664. The Morgan fingerprint density at radius 1 is 1.38 bits per heavy atom. The Morgan fingerprint density at radius 3 is 2.67 bits per heavy atom. The van der Waals surface area contributed by atoms with Gasteiger partial charge in [-0.05, 0) is 13.0 Å². The predicted octanol–water partition coefficient (Wildman–Crippen LogP) is 0.883. The third kappa shape index (κ3) is 4.02. The molecule has 0 aromatic carbocycles. The van der Waals surface area contributed by atoms with Gasteiger partial charge in [-0.25, -0.2) is 14.6 Å². The number of aromatic carboxylic acids is 1. The lowest BCUT2D eigenvalue weighted by Crippen LogP contribution is -2.34. The van der Waals surface area contributed by atoms with Gasteiger partial charge in [0.15, 0.2) is 0 Å². The third-order valence-corrected chi connectivity index (χ3v) is 3.78. The van der Waals surface area contributed by atoms with Gasteiger partial charge in [0.2, 0.25) is 0 Å². The summed E-state index contributed by atoms with van der Waals surface area (Å²) in [5.74, 6) is -1.00. The lowest BCUT2D eigenvalue weighted by Gasteiger charge is -2.04. The maximum absolute atomic E-state index is 11.6. The molecule has 2 aromatic heterocycles. The second-order valence-electron chi connectivity index (χ2n) is 4.34. The lowest BCUT2D eigenvalue weighted by molar-refractivity contribution is 0.0701. The molecule has 0 aliphatic rings. The zero-order valence-electron chi connectivity index (χ0n) is 11.6. The van der Waals surface area contributed by atoms with Crippen LogP contribution in [0, 0.1) is 6.92 Å². The number of hydrogen-bond donors (Lipinski definition) is 3. The molecule has 0 atom stereocenters. The molecule has 21 heavy (non-hydrogen) atoms. The summed E-state index contributed by atoms with van der Waals surface area (Å²) in [7, 11) is 1.80. The number of nitrogens with zero attached hydrogens (tertiary/aromatic N) is 3. The monoisotopic (exact) mass is 309 g/mol. The highest BCUT2D eigenvalue weighted by molar-refractivity contribution is 7.13. The average molecular weight is 309 g/mol. The molecule has 2 rings (SSSR count). The van der Waals surface area contributed by atoms with Crippen LogP contribution in [0.2, 0.25) is 0 Å². The normalized spacial score (nSPS) is 10.4. The van der Waals surface area contributed by atoms with Crippen molar-refractivity contribution in [1.82, 2.24) is 25.4 Å². The Hall–Kier alpha value is -2.42. The van der Waals surface area contributed by atoms with Crippen molar-refractivity contribution in [2.24, 2.45) is 7.05 Å². The second-order valence-corrected chi connectivity index (χ2v) is 5.43. The van der Waals surface area contributed by atoms with E-state index in [2.05, 4.69) is 20.7 Å². The zero-order valence-corrected chi connectivity index (χ0v) is 12.4. The van der Waals surface area contributed by atoms with Crippen molar-refractivity contribution >= 4 is 23.3 Å². The highest BCUT2D eigenvalue weighted by Crippen LogP contribution is 2.17. The van der Waals surface area contributed by atoms with E-state index in [1.54, 1.807) is 24.9 Å². The summed E-state index contributed by atoms with van der Waals surface area (Å²) in [5.41, 5.74) is 1.21. The Balaban J connectivity index is 1.81. The van der Waals surface area contributed by atoms with Gasteiger partial charge in [-0.1, -0.05) is 0 Å². The van der Waals surface area contributed by atoms with Gasteiger partial charge in [-0.15, -0.1) is 11.3 Å². The molecule has 0 saturated carbocycles. The summed E-state index contributed by atoms with van der Waals surface area (Å²) in [6.07, 6.45) is 1.79. The van der Waals surface area contributed by atoms with E-state index in [1.807, 2.05) is 6.07 Å². The number of thiazole rings is 1. The van der Waals surface area contributed by atoms with Crippen LogP contribution in [0.1, 0.15) is 26.1 Å². The van der Waals surface area contributed by atoms with E-state index in [-0.39, 0.29) is 17.5 Å². The summed E-state index contributed by atoms with van der Waals surface area (Å²) in [4.78, 5) is 26.8. The maximum Gasteiger partial charge on any atom is 0.347 e. The van der Waals surface area contributed by atoms with Crippen molar-refractivity contribution in [2.45, 2.75) is 20.0 Å². The SMILES string of the molecule is Cc1nc(CNC(=O)NCc2ccn(C)n2)sc1C(=O)O. The van der Waals surface area contributed by atoms with Crippen LogP contribution >= 0.6 is 11.3 Å². The molecular formula is C12H15N5O3S. The van der Waals surface area contributed by atoms with E-state index in [0.717, 1.165) is 17.0 Å². The smallest absolute Gasteiger partial charge is 0.347 e. The first kappa shape index (κ1) is 15.0. The van der Waals surface area contributed by atoms with Gasteiger partial charge in [-0.3, -0.25) is 4.68 Å². The number of aryl methyl sites for hydroxylation is 2. The van der Waals surface area contributed by atoms with Crippen LogP contribution in [0.15, 0.2) is 12.3 Å². The number of carboxylic acid groups (broad SMARTS) is 1. The highest BCUT2D eigenvalue weighted by atomic mass is 32.1. The van der Waals surface area contributed by atoms with Crippen LogP contribution in [0.5, 0.6) is 0 Å². The number of amides is 2. The number of aromatic nitrogens is 3. The quantitative estimate of drug-likeness (QED) is 0.759. The Labute approximate surface area is 124 Å². The fourth-order valence-electron chi connectivity index (χ4n) is 1.67. The highest BCUT2D eigenvalue weighted by Gasteiger charge is 2.14. The number of hydrogen-bond acceptors (Lipinski definition) is 5. The molecule has 2 amide bonds. The van der Waals surface area contributed by atoms with Crippen LogP contribution in [0.4, 0.5) is 4.79 Å². The summed E-state index contributed by atoms with van der Waals surface area (Å²) < 4.78 is 1.65. The molecule has 0 saturated heterocycles. The van der Waals surface area contributed by atoms with E-state index < -0.39 is 5.97 Å². The van der Waals surface area contributed by atoms with Crippen molar-refractivity contribution in [1.29, 1.82) is 0 Å². The van der Waals surface area contributed by atoms with Gasteiger partial charge < -0.3 is 15.7 Å². The number of rotatable bonds is 5. The first-order chi connectivity index (χ1) is 9.95. The molecule has 0 bridgehead atoms. The van der Waals surface area contributed by atoms with E-state index in [0.29, 0.717) is 17.2 Å². The number of carbonyl (C=O) groups excluding carboxylic acids is 1. The van der Waals surface area contributed by atoms with E-state index in [9.17, 15) is 9.59 Å². The third-order valence-electron chi connectivity index (χ3n) is 2.63. The lowest BCUT2D eigenvalue weighted by atomic mass is 10.4. The largest absolute Gasteiger partial charge is 0.477 e. The first-order valence-electron chi connectivity index (χ1n) is 6.15. The minimum atomic E-state index is -1.00.